The lowest BCUT2D eigenvalue weighted by Gasteiger charge is -2.16. The van der Waals surface area contributed by atoms with E-state index in [0.29, 0.717) is 30.1 Å². The quantitative estimate of drug-likeness (QED) is 0.540. The second-order valence-corrected chi connectivity index (χ2v) is 4.28. The Hall–Kier alpha value is -2.24. The summed E-state index contributed by atoms with van der Waals surface area (Å²) >= 11 is 0. The van der Waals surface area contributed by atoms with Crippen LogP contribution in [-0.2, 0) is 9.53 Å². The number of hydrogen-bond donors (Lipinski definition) is 3. The van der Waals surface area contributed by atoms with Crippen LogP contribution in [0.5, 0.6) is 0 Å². The molecule has 1 aromatic carbocycles. The molecule has 110 valence electrons. The third-order valence-electron chi connectivity index (χ3n) is 2.68. The van der Waals surface area contributed by atoms with Crippen molar-refractivity contribution in [1.82, 2.24) is 5.32 Å². The highest BCUT2D eigenvalue weighted by Gasteiger charge is 2.14. The van der Waals surface area contributed by atoms with E-state index in [1.54, 1.807) is 26.0 Å². The van der Waals surface area contributed by atoms with Crippen molar-refractivity contribution in [3.8, 4) is 0 Å². The van der Waals surface area contributed by atoms with E-state index in [1.165, 1.54) is 6.07 Å². The zero-order chi connectivity index (χ0) is 15.1. The summed E-state index contributed by atoms with van der Waals surface area (Å²) in [5, 5.41) is 5.72. The van der Waals surface area contributed by atoms with Gasteiger partial charge in [-0.05, 0) is 39.0 Å². The van der Waals surface area contributed by atoms with Crippen molar-refractivity contribution in [2.24, 2.45) is 0 Å². The van der Waals surface area contributed by atoms with Crippen molar-refractivity contribution < 1.29 is 14.3 Å². The minimum Gasteiger partial charge on any atom is -0.462 e. The second kappa shape index (κ2) is 7.37. The monoisotopic (exact) mass is 279 g/mol. The smallest absolute Gasteiger partial charge is 0.338 e. The predicted molar refractivity (Wildman–Crippen MR) is 78.6 cm³/mol. The number of ether oxygens (including phenoxy) is 1. The number of esters is 1. The third-order valence-corrected chi connectivity index (χ3v) is 2.68. The van der Waals surface area contributed by atoms with Crippen LogP contribution in [0.3, 0.4) is 0 Å². The number of likely N-dealkylation sites (N-methyl/N-ethyl adjacent to an activating group) is 1. The van der Waals surface area contributed by atoms with Gasteiger partial charge in [-0.3, -0.25) is 4.79 Å². The molecule has 0 saturated heterocycles. The number of rotatable bonds is 6. The van der Waals surface area contributed by atoms with E-state index in [-0.39, 0.29) is 5.91 Å². The Morgan fingerprint density at radius 3 is 2.60 bits per heavy atom. The topological polar surface area (TPSA) is 93.5 Å². The van der Waals surface area contributed by atoms with Crippen molar-refractivity contribution in [3.63, 3.8) is 0 Å². The highest BCUT2D eigenvalue weighted by Crippen LogP contribution is 2.21. The number of nitrogens with two attached hydrogens (primary N) is 1. The average Bonchev–Trinajstić information content (AvgIpc) is 2.41. The Morgan fingerprint density at radius 2 is 2.05 bits per heavy atom. The van der Waals surface area contributed by atoms with E-state index in [1.807, 2.05) is 6.92 Å². The summed E-state index contributed by atoms with van der Waals surface area (Å²) in [5.74, 6) is -0.524. The lowest BCUT2D eigenvalue weighted by atomic mass is 10.1. The van der Waals surface area contributed by atoms with Crippen molar-refractivity contribution >= 4 is 23.3 Å². The van der Waals surface area contributed by atoms with Crippen molar-refractivity contribution in [3.05, 3.63) is 23.8 Å². The molecule has 0 fully saturated rings. The molecule has 0 spiro atoms. The summed E-state index contributed by atoms with van der Waals surface area (Å²) in [6, 6.07) is 4.40. The molecule has 20 heavy (non-hydrogen) atoms. The highest BCUT2D eigenvalue weighted by atomic mass is 16.5. The summed E-state index contributed by atoms with van der Waals surface area (Å²) in [6.45, 7) is 6.22. The van der Waals surface area contributed by atoms with Gasteiger partial charge in [-0.2, -0.15) is 0 Å². The standard InChI is InChI=1S/C14H21N3O3/c1-4-16-13(18)9(3)17-12-7-6-10(8-11(12)15)14(19)20-5-2/h6-9,17H,4-5,15H2,1-3H3,(H,16,18). The Kier molecular flexibility index (Phi) is 5.83. The van der Waals surface area contributed by atoms with E-state index in [9.17, 15) is 9.59 Å². The molecule has 1 amide bonds. The molecule has 0 aliphatic rings. The maximum Gasteiger partial charge on any atom is 0.338 e. The van der Waals surface area contributed by atoms with Gasteiger partial charge < -0.3 is 21.1 Å². The van der Waals surface area contributed by atoms with Crippen molar-refractivity contribution in [1.29, 1.82) is 0 Å². The number of nitrogen functional groups attached to an aromatic ring is 1. The van der Waals surface area contributed by atoms with Crippen LogP contribution in [-0.4, -0.2) is 31.1 Å². The SMILES string of the molecule is CCNC(=O)C(C)Nc1ccc(C(=O)OCC)cc1N. The van der Waals surface area contributed by atoms with Crippen molar-refractivity contribution in [2.45, 2.75) is 26.8 Å². The fourth-order valence-corrected chi connectivity index (χ4v) is 1.66. The lowest BCUT2D eigenvalue weighted by Crippen LogP contribution is -2.37. The number of hydrogen-bond acceptors (Lipinski definition) is 5. The molecule has 6 heteroatoms. The van der Waals surface area contributed by atoms with Crippen LogP contribution in [0.2, 0.25) is 0 Å². The van der Waals surface area contributed by atoms with E-state index < -0.39 is 12.0 Å². The van der Waals surface area contributed by atoms with Gasteiger partial charge in [0.1, 0.15) is 6.04 Å². The Bertz CT molecular complexity index is 489. The van der Waals surface area contributed by atoms with E-state index >= 15 is 0 Å². The molecule has 0 saturated carbocycles. The molecule has 1 rings (SSSR count). The lowest BCUT2D eigenvalue weighted by molar-refractivity contribution is -0.121. The average molecular weight is 279 g/mol. The van der Waals surface area contributed by atoms with Gasteiger partial charge in [-0.15, -0.1) is 0 Å². The fraction of sp³-hybridized carbons (Fsp3) is 0.429. The Balaban J connectivity index is 2.78. The molecule has 4 N–H and O–H groups in total. The number of carbonyl (C=O) groups excluding carboxylic acids is 2. The third kappa shape index (κ3) is 4.15. The minimum absolute atomic E-state index is 0.110. The van der Waals surface area contributed by atoms with Crippen LogP contribution in [0.4, 0.5) is 11.4 Å². The van der Waals surface area contributed by atoms with Gasteiger partial charge in [-0.1, -0.05) is 0 Å². The summed E-state index contributed by atoms with van der Waals surface area (Å²) < 4.78 is 4.90. The number of benzene rings is 1. The highest BCUT2D eigenvalue weighted by molar-refractivity contribution is 5.92. The summed E-state index contributed by atoms with van der Waals surface area (Å²) in [4.78, 5) is 23.2. The molecule has 1 unspecified atom stereocenters. The van der Waals surface area contributed by atoms with Gasteiger partial charge in [0.05, 0.1) is 23.5 Å². The largest absolute Gasteiger partial charge is 0.462 e. The molecular formula is C14H21N3O3. The molecule has 0 aliphatic carbocycles. The molecule has 1 aromatic rings. The molecule has 0 aromatic heterocycles. The zero-order valence-electron chi connectivity index (χ0n) is 12.0. The number of anilines is 2. The first-order chi connectivity index (χ1) is 9.49. The summed E-state index contributed by atoms with van der Waals surface area (Å²) in [6.07, 6.45) is 0. The first-order valence-electron chi connectivity index (χ1n) is 6.60. The first-order valence-corrected chi connectivity index (χ1v) is 6.60. The maximum atomic E-state index is 11.6. The first kappa shape index (κ1) is 15.8. The van der Waals surface area contributed by atoms with Gasteiger partial charge >= 0.3 is 5.97 Å². The van der Waals surface area contributed by atoms with Crippen LogP contribution in [0.25, 0.3) is 0 Å². The Morgan fingerprint density at radius 1 is 1.35 bits per heavy atom. The molecular weight excluding hydrogens is 258 g/mol. The van der Waals surface area contributed by atoms with Gasteiger partial charge in [0, 0.05) is 6.54 Å². The van der Waals surface area contributed by atoms with Gasteiger partial charge in [0.2, 0.25) is 5.91 Å². The maximum absolute atomic E-state index is 11.6. The van der Waals surface area contributed by atoms with Gasteiger partial charge in [-0.25, -0.2) is 4.79 Å². The van der Waals surface area contributed by atoms with Crippen LogP contribution in [0.15, 0.2) is 18.2 Å². The number of amides is 1. The van der Waals surface area contributed by atoms with Crippen LogP contribution < -0.4 is 16.4 Å². The van der Waals surface area contributed by atoms with Crippen molar-refractivity contribution in [2.75, 3.05) is 24.2 Å². The molecule has 6 nitrogen and oxygen atoms in total. The summed E-state index contributed by atoms with van der Waals surface area (Å²) in [5.41, 5.74) is 7.27. The predicted octanol–water partition coefficient (Wildman–Crippen LogP) is 1.38. The molecule has 0 bridgehead atoms. The van der Waals surface area contributed by atoms with Crippen LogP contribution in [0.1, 0.15) is 31.1 Å². The van der Waals surface area contributed by atoms with Gasteiger partial charge in [0.15, 0.2) is 0 Å². The van der Waals surface area contributed by atoms with E-state index in [4.69, 9.17) is 10.5 Å². The molecule has 1 atom stereocenters. The Labute approximate surface area is 118 Å². The van der Waals surface area contributed by atoms with E-state index in [0.717, 1.165) is 0 Å². The summed E-state index contributed by atoms with van der Waals surface area (Å²) in [7, 11) is 0. The second-order valence-electron chi connectivity index (χ2n) is 4.28. The van der Waals surface area contributed by atoms with Crippen LogP contribution >= 0.6 is 0 Å². The molecule has 0 radical (unpaired) electrons. The fourth-order valence-electron chi connectivity index (χ4n) is 1.66. The molecule has 0 aliphatic heterocycles. The minimum atomic E-state index is -0.414. The van der Waals surface area contributed by atoms with Crippen LogP contribution in [0, 0.1) is 0 Å². The number of nitrogens with one attached hydrogen (secondary N) is 2. The normalized spacial score (nSPS) is 11.6. The number of carbonyl (C=O) groups is 2. The van der Waals surface area contributed by atoms with E-state index in [2.05, 4.69) is 10.6 Å². The van der Waals surface area contributed by atoms with Gasteiger partial charge in [0.25, 0.3) is 0 Å². The molecule has 0 heterocycles. The zero-order valence-corrected chi connectivity index (χ0v) is 12.0.